The van der Waals surface area contributed by atoms with Gasteiger partial charge in [-0.1, -0.05) is 11.6 Å². The third kappa shape index (κ3) is 3.45. The SMILES string of the molecule is CC(c1cc(Cl)c2cncn2c1N1CCN(C)C(=O)C1)N(N)C(=O)c1cnn2cccnc12. The van der Waals surface area contributed by atoms with E-state index >= 15 is 0 Å². The number of fused-ring (bicyclic) bond motifs is 2. The van der Waals surface area contributed by atoms with Crippen LogP contribution in [0.5, 0.6) is 0 Å². The number of carbonyl (C=O) groups excluding carboxylic acids is 2. The van der Waals surface area contributed by atoms with Crippen LogP contribution < -0.4 is 10.7 Å². The largest absolute Gasteiger partial charge is 0.346 e. The van der Waals surface area contributed by atoms with Crippen LogP contribution in [0.2, 0.25) is 5.02 Å². The van der Waals surface area contributed by atoms with Crippen molar-refractivity contribution in [3.63, 3.8) is 0 Å². The maximum atomic E-state index is 13.3. The van der Waals surface area contributed by atoms with Crippen molar-refractivity contribution in [1.82, 2.24) is 33.9 Å². The van der Waals surface area contributed by atoms with Crippen molar-refractivity contribution in [3.05, 3.63) is 59.4 Å². The molecule has 2 amide bonds. The van der Waals surface area contributed by atoms with Gasteiger partial charge in [0.25, 0.3) is 5.91 Å². The summed E-state index contributed by atoms with van der Waals surface area (Å²) in [5.41, 5.74) is 2.10. The van der Waals surface area contributed by atoms with E-state index in [4.69, 9.17) is 17.4 Å². The highest BCUT2D eigenvalue weighted by atomic mass is 35.5. The molecule has 5 rings (SSSR count). The number of hydrogen-bond acceptors (Lipinski definition) is 7. The molecule has 0 radical (unpaired) electrons. The zero-order valence-corrected chi connectivity index (χ0v) is 18.8. The van der Waals surface area contributed by atoms with Gasteiger partial charge in [0.05, 0.1) is 35.5 Å². The molecule has 0 aromatic carbocycles. The maximum absolute atomic E-state index is 13.3. The second kappa shape index (κ2) is 8.01. The first-order chi connectivity index (χ1) is 15.9. The van der Waals surface area contributed by atoms with E-state index in [9.17, 15) is 9.59 Å². The molecule has 170 valence electrons. The second-order valence-corrected chi connectivity index (χ2v) is 8.40. The minimum absolute atomic E-state index is 0.00109. The summed E-state index contributed by atoms with van der Waals surface area (Å²) in [6, 6.07) is 2.93. The highest BCUT2D eigenvalue weighted by molar-refractivity contribution is 6.34. The lowest BCUT2D eigenvalue weighted by atomic mass is 10.1. The Morgan fingerprint density at radius 2 is 2.12 bits per heavy atom. The summed E-state index contributed by atoms with van der Waals surface area (Å²) in [6.07, 6.45) is 8.05. The fourth-order valence-corrected chi connectivity index (χ4v) is 4.34. The Balaban J connectivity index is 1.57. The molecule has 5 heterocycles. The lowest BCUT2D eigenvalue weighted by molar-refractivity contribution is -0.129. The minimum atomic E-state index is -0.578. The molecule has 1 unspecified atom stereocenters. The number of amides is 2. The van der Waals surface area contributed by atoms with Crippen molar-refractivity contribution < 1.29 is 9.59 Å². The summed E-state index contributed by atoms with van der Waals surface area (Å²) in [5.74, 6) is 6.64. The lowest BCUT2D eigenvalue weighted by Gasteiger charge is -2.36. The van der Waals surface area contributed by atoms with Gasteiger partial charge in [0.2, 0.25) is 5.91 Å². The number of pyridine rings is 1. The molecule has 0 aliphatic carbocycles. The van der Waals surface area contributed by atoms with Crippen molar-refractivity contribution in [2.75, 3.05) is 31.6 Å². The Hall–Kier alpha value is -3.70. The molecule has 4 aromatic rings. The van der Waals surface area contributed by atoms with Crippen LogP contribution in [0.1, 0.15) is 28.9 Å². The van der Waals surface area contributed by atoms with Crippen LogP contribution in [0, 0.1) is 0 Å². The quantitative estimate of drug-likeness (QED) is 0.274. The van der Waals surface area contributed by atoms with Gasteiger partial charge >= 0.3 is 0 Å². The van der Waals surface area contributed by atoms with Gasteiger partial charge in [-0.25, -0.2) is 20.3 Å². The van der Waals surface area contributed by atoms with Gasteiger partial charge in [0.1, 0.15) is 17.7 Å². The number of halogens is 1. The molecule has 0 saturated carbocycles. The van der Waals surface area contributed by atoms with Crippen LogP contribution in [-0.2, 0) is 4.79 Å². The highest BCUT2D eigenvalue weighted by Gasteiger charge is 2.31. The number of rotatable bonds is 4. The zero-order valence-electron chi connectivity index (χ0n) is 18.1. The molecule has 1 aliphatic heterocycles. The van der Waals surface area contributed by atoms with Crippen molar-refractivity contribution >= 4 is 40.4 Å². The molecule has 2 N–H and O–H groups in total. The van der Waals surface area contributed by atoms with Crippen LogP contribution in [0.15, 0.2) is 43.2 Å². The van der Waals surface area contributed by atoms with Gasteiger partial charge in [0, 0.05) is 38.1 Å². The summed E-state index contributed by atoms with van der Waals surface area (Å²) in [4.78, 5) is 37.9. The fraction of sp³-hybridized carbons (Fsp3) is 0.286. The molecule has 4 aromatic heterocycles. The van der Waals surface area contributed by atoms with Gasteiger partial charge in [-0.3, -0.25) is 19.0 Å². The van der Waals surface area contributed by atoms with E-state index in [0.717, 1.165) is 10.8 Å². The first-order valence-corrected chi connectivity index (χ1v) is 10.7. The summed E-state index contributed by atoms with van der Waals surface area (Å²) in [7, 11) is 1.78. The molecule has 0 spiro atoms. The number of nitrogens with two attached hydrogens (primary N) is 1. The molecule has 11 nitrogen and oxygen atoms in total. The lowest BCUT2D eigenvalue weighted by Crippen LogP contribution is -2.49. The normalized spacial score (nSPS) is 15.5. The standard InChI is InChI=1S/C21H22ClN9O2/c1-13(31(23)21(33)15-9-26-30-5-3-4-25-19(15)30)14-8-16(22)17-10-24-12-29(17)20(14)28-7-6-27(2)18(32)11-28/h3-5,8-10,12-13H,6-7,11,23H2,1-2H3. The Kier molecular flexibility index (Phi) is 5.14. The number of likely N-dealkylation sites (N-methyl/N-ethyl adjacent to an activating group) is 1. The van der Waals surface area contributed by atoms with E-state index in [0.29, 0.717) is 34.8 Å². The van der Waals surface area contributed by atoms with Crippen molar-refractivity contribution in [1.29, 1.82) is 0 Å². The average Bonchev–Trinajstić information content (AvgIpc) is 3.47. The molecule has 1 aliphatic rings. The average molecular weight is 468 g/mol. The van der Waals surface area contributed by atoms with Crippen molar-refractivity contribution in [2.24, 2.45) is 5.84 Å². The number of carbonyl (C=O) groups is 2. The monoisotopic (exact) mass is 467 g/mol. The first-order valence-electron chi connectivity index (χ1n) is 10.4. The number of imidazole rings is 1. The Bertz CT molecular complexity index is 1380. The second-order valence-electron chi connectivity index (χ2n) is 7.99. The zero-order chi connectivity index (χ0) is 23.3. The van der Waals surface area contributed by atoms with Crippen LogP contribution in [0.4, 0.5) is 5.82 Å². The third-order valence-electron chi connectivity index (χ3n) is 6.02. The summed E-state index contributed by atoms with van der Waals surface area (Å²) >= 11 is 6.55. The molecule has 1 atom stereocenters. The fourth-order valence-electron chi connectivity index (χ4n) is 4.08. The maximum Gasteiger partial charge on any atom is 0.273 e. The Morgan fingerprint density at radius 3 is 2.91 bits per heavy atom. The van der Waals surface area contributed by atoms with Crippen LogP contribution in [0.25, 0.3) is 11.2 Å². The molecule has 1 saturated heterocycles. The number of anilines is 1. The Labute approximate surface area is 193 Å². The van der Waals surface area contributed by atoms with Gasteiger partial charge < -0.3 is 9.80 Å². The molecule has 33 heavy (non-hydrogen) atoms. The first kappa shape index (κ1) is 21.2. The number of hydrogen-bond donors (Lipinski definition) is 1. The van der Waals surface area contributed by atoms with Crippen LogP contribution in [-0.4, -0.2) is 72.4 Å². The number of piperazine rings is 1. The molecule has 12 heteroatoms. The topological polar surface area (TPSA) is 117 Å². The van der Waals surface area contributed by atoms with Gasteiger partial charge in [-0.15, -0.1) is 0 Å². The van der Waals surface area contributed by atoms with E-state index in [1.165, 1.54) is 10.7 Å². The summed E-state index contributed by atoms with van der Waals surface area (Å²) < 4.78 is 3.35. The summed E-state index contributed by atoms with van der Waals surface area (Å²) in [5, 5.41) is 5.79. The molecular formula is C21H22ClN9O2. The van der Waals surface area contributed by atoms with E-state index < -0.39 is 11.9 Å². The van der Waals surface area contributed by atoms with Crippen molar-refractivity contribution in [3.8, 4) is 0 Å². The van der Waals surface area contributed by atoms with E-state index in [1.54, 1.807) is 49.0 Å². The predicted molar refractivity (Wildman–Crippen MR) is 122 cm³/mol. The predicted octanol–water partition coefficient (Wildman–Crippen LogP) is 1.39. The molecule has 0 bridgehead atoms. The Morgan fingerprint density at radius 1 is 1.30 bits per heavy atom. The highest BCUT2D eigenvalue weighted by Crippen LogP contribution is 2.35. The molecule has 1 fully saturated rings. The third-order valence-corrected chi connectivity index (χ3v) is 6.32. The van der Waals surface area contributed by atoms with E-state index in [-0.39, 0.29) is 18.0 Å². The molecular weight excluding hydrogens is 446 g/mol. The van der Waals surface area contributed by atoms with Gasteiger partial charge in [-0.05, 0) is 19.1 Å². The number of hydrazine groups is 1. The van der Waals surface area contributed by atoms with Gasteiger partial charge in [-0.2, -0.15) is 5.10 Å². The van der Waals surface area contributed by atoms with E-state index in [1.807, 2.05) is 16.2 Å². The van der Waals surface area contributed by atoms with Gasteiger partial charge in [0.15, 0.2) is 5.65 Å². The van der Waals surface area contributed by atoms with Crippen LogP contribution >= 0.6 is 11.6 Å². The number of aromatic nitrogens is 5. The minimum Gasteiger partial charge on any atom is -0.346 e. The smallest absolute Gasteiger partial charge is 0.273 e. The summed E-state index contributed by atoms with van der Waals surface area (Å²) in [6.45, 7) is 3.20. The number of nitrogens with zero attached hydrogens (tertiary/aromatic N) is 8. The van der Waals surface area contributed by atoms with Crippen LogP contribution in [0.3, 0.4) is 0 Å². The van der Waals surface area contributed by atoms with E-state index in [2.05, 4.69) is 15.1 Å². The van der Waals surface area contributed by atoms with Crippen molar-refractivity contribution in [2.45, 2.75) is 13.0 Å².